The molecule has 66 valence electrons. The molecule has 0 saturated carbocycles. The molecule has 0 amide bonds. The summed E-state index contributed by atoms with van der Waals surface area (Å²) in [5, 5.41) is 10.3. The molecule has 0 aromatic heterocycles. The van der Waals surface area contributed by atoms with Crippen molar-refractivity contribution in [1.29, 1.82) is 0 Å². The maximum Gasteiger partial charge on any atom is 0.0716 e. The van der Waals surface area contributed by atoms with Gasteiger partial charge in [-0.05, 0) is 17.7 Å². The van der Waals surface area contributed by atoms with Crippen LogP contribution < -0.4 is 22.7 Å². The van der Waals surface area contributed by atoms with Gasteiger partial charge in [-0.25, -0.2) is 0 Å². The molecule has 1 aromatic carbocycles. The Hall–Kier alpha value is -1.75. The molecule has 0 spiro atoms. The minimum atomic E-state index is -1.25. The number of carbonyl (C=O) groups is 1. The van der Waals surface area contributed by atoms with Gasteiger partial charge in [0.1, 0.15) is 0 Å². The third-order valence-electron chi connectivity index (χ3n) is 1.32. The van der Waals surface area contributed by atoms with Gasteiger partial charge in [0.2, 0.25) is 0 Å². The lowest BCUT2D eigenvalue weighted by atomic mass is 10.2. The summed E-state index contributed by atoms with van der Waals surface area (Å²) in [6, 6.07) is 4.05. The van der Waals surface area contributed by atoms with Crippen LogP contribution in [0.25, 0.3) is 0 Å². The predicted molar refractivity (Wildman–Crippen MR) is 45.6 cm³/mol. The first-order valence-electron chi connectivity index (χ1n) is 2.97. The number of aromatic carboxylic acids is 1. The molecule has 0 heterocycles. The zero-order valence-electron chi connectivity index (χ0n) is 6.70. The number of nitrogen functional groups attached to an aromatic ring is 2. The normalized spacial score (nSPS) is 8.67. The molecule has 0 saturated heterocycles. The molecule has 1 aromatic rings. The van der Waals surface area contributed by atoms with Crippen molar-refractivity contribution >= 4 is 17.3 Å². The van der Waals surface area contributed by atoms with Crippen LogP contribution in [0.4, 0.5) is 11.4 Å². The molecule has 0 fully saturated rings. The van der Waals surface area contributed by atoms with Crippen LogP contribution in [0.5, 0.6) is 0 Å². The topological polar surface area (TPSA) is 129 Å². The average Bonchev–Trinajstić information content (AvgIpc) is 1.94. The first kappa shape index (κ1) is 10.2. The summed E-state index contributed by atoms with van der Waals surface area (Å²) in [6.45, 7) is 0. The van der Waals surface area contributed by atoms with Gasteiger partial charge in [-0.2, -0.15) is 0 Å². The molecule has 0 bridgehead atoms. The van der Waals surface area contributed by atoms with Gasteiger partial charge in [0, 0.05) is 0 Å². The van der Waals surface area contributed by atoms with E-state index in [2.05, 4.69) is 0 Å². The molecule has 0 atom stereocenters. The third kappa shape index (κ3) is 1.86. The molecule has 12 heavy (non-hydrogen) atoms. The second-order valence-corrected chi connectivity index (χ2v) is 2.13. The predicted octanol–water partition coefficient (Wildman–Crippen LogP) is -0.409. The van der Waals surface area contributed by atoms with Gasteiger partial charge in [-0.1, -0.05) is 6.07 Å². The highest BCUT2D eigenvalue weighted by Gasteiger charge is 1.96. The highest BCUT2D eigenvalue weighted by atomic mass is 16.4. The zero-order chi connectivity index (χ0) is 8.43. The maximum atomic E-state index is 10.3. The Bertz CT molecular complexity index is 299. The summed E-state index contributed by atoms with van der Waals surface area (Å²) in [4.78, 5) is 10.3. The largest absolute Gasteiger partial charge is 0.545 e. The minimum absolute atomic E-state index is 0. The number of quaternary nitrogens is 1. The minimum Gasteiger partial charge on any atom is -0.545 e. The molecule has 5 nitrogen and oxygen atoms in total. The van der Waals surface area contributed by atoms with Crippen molar-refractivity contribution in [2.45, 2.75) is 0 Å². The van der Waals surface area contributed by atoms with E-state index in [0.717, 1.165) is 0 Å². The number of rotatable bonds is 1. The Morgan fingerprint density at radius 2 is 1.83 bits per heavy atom. The summed E-state index contributed by atoms with van der Waals surface area (Å²) in [7, 11) is 0. The Morgan fingerprint density at radius 3 is 2.25 bits per heavy atom. The van der Waals surface area contributed by atoms with Gasteiger partial charge in [-0.15, -0.1) is 0 Å². The SMILES string of the molecule is Nc1ccc(C(=O)[O-])cc1N.[NH4+]. The summed E-state index contributed by atoms with van der Waals surface area (Å²) < 4.78 is 0. The van der Waals surface area contributed by atoms with Gasteiger partial charge < -0.3 is 27.5 Å². The quantitative estimate of drug-likeness (QED) is 0.493. The van der Waals surface area contributed by atoms with Crippen LogP contribution in [0.1, 0.15) is 10.4 Å². The van der Waals surface area contributed by atoms with Gasteiger partial charge in [0.05, 0.1) is 17.3 Å². The van der Waals surface area contributed by atoms with Crippen molar-refractivity contribution in [1.82, 2.24) is 6.15 Å². The van der Waals surface area contributed by atoms with Crippen LogP contribution in [0.3, 0.4) is 0 Å². The van der Waals surface area contributed by atoms with Crippen LogP contribution in [0.15, 0.2) is 18.2 Å². The fourth-order valence-electron chi connectivity index (χ4n) is 0.702. The number of nitrogens with two attached hydrogens (primary N) is 2. The van der Waals surface area contributed by atoms with Crippen LogP contribution in [0.2, 0.25) is 0 Å². The maximum absolute atomic E-state index is 10.3. The van der Waals surface area contributed by atoms with Crippen molar-refractivity contribution in [2.24, 2.45) is 0 Å². The van der Waals surface area contributed by atoms with Crippen molar-refractivity contribution < 1.29 is 9.90 Å². The second kappa shape index (κ2) is 3.59. The summed E-state index contributed by atoms with van der Waals surface area (Å²) >= 11 is 0. The highest BCUT2D eigenvalue weighted by Crippen LogP contribution is 2.14. The zero-order valence-corrected chi connectivity index (χ0v) is 6.70. The summed E-state index contributed by atoms with van der Waals surface area (Å²) in [5.41, 5.74) is 11.4. The second-order valence-electron chi connectivity index (χ2n) is 2.13. The van der Waals surface area contributed by atoms with E-state index < -0.39 is 5.97 Å². The lowest BCUT2D eigenvalue weighted by Crippen LogP contribution is -2.22. The van der Waals surface area contributed by atoms with Gasteiger partial charge in [0.15, 0.2) is 0 Å². The van der Waals surface area contributed by atoms with E-state index in [-0.39, 0.29) is 17.4 Å². The lowest BCUT2D eigenvalue weighted by molar-refractivity contribution is -0.255. The van der Waals surface area contributed by atoms with Gasteiger partial charge >= 0.3 is 0 Å². The van der Waals surface area contributed by atoms with Gasteiger partial charge in [0.25, 0.3) is 0 Å². The van der Waals surface area contributed by atoms with Crippen LogP contribution in [0, 0.1) is 0 Å². The number of hydrogen-bond donors (Lipinski definition) is 3. The van der Waals surface area contributed by atoms with E-state index >= 15 is 0 Å². The molecule has 0 radical (unpaired) electrons. The van der Waals surface area contributed by atoms with E-state index in [1.807, 2.05) is 0 Å². The van der Waals surface area contributed by atoms with Crippen LogP contribution in [-0.4, -0.2) is 5.97 Å². The first-order valence-corrected chi connectivity index (χ1v) is 2.97. The Balaban J connectivity index is 0.00000121. The number of carboxylic acids is 1. The van der Waals surface area contributed by atoms with E-state index in [4.69, 9.17) is 11.5 Å². The summed E-state index contributed by atoms with van der Waals surface area (Å²) in [6.07, 6.45) is 0. The van der Waals surface area contributed by atoms with Crippen LogP contribution in [-0.2, 0) is 0 Å². The van der Waals surface area contributed by atoms with E-state index in [1.165, 1.54) is 18.2 Å². The molecule has 0 unspecified atom stereocenters. The van der Waals surface area contributed by atoms with Crippen LogP contribution >= 0.6 is 0 Å². The average molecular weight is 169 g/mol. The molecular weight excluding hydrogens is 158 g/mol. The molecule has 1 rings (SSSR count). The van der Waals surface area contributed by atoms with Crippen molar-refractivity contribution in [3.05, 3.63) is 23.8 Å². The third-order valence-corrected chi connectivity index (χ3v) is 1.32. The first-order chi connectivity index (χ1) is 5.11. The molecular formula is C7H11N3O2. The van der Waals surface area contributed by atoms with E-state index in [0.29, 0.717) is 5.69 Å². The number of anilines is 2. The molecule has 0 aliphatic carbocycles. The number of hydrogen-bond acceptors (Lipinski definition) is 4. The van der Waals surface area contributed by atoms with E-state index in [9.17, 15) is 9.90 Å². The van der Waals surface area contributed by atoms with Crippen molar-refractivity contribution in [3.63, 3.8) is 0 Å². The Morgan fingerprint density at radius 1 is 1.25 bits per heavy atom. The monoisotopic (exact) mass is 169 g/mol. The highest BCUT2D eigenvalue weighted by molar-refractivity contribution is 5.88. The summed E-state index contributed by atoms with van der Waals surface area (Å²) in [5.74, 6) is -1.25. The van der Waals surface area contributed by atoms with Crippen molar-refractivity contribution in [2.75, 3.05) is 11.5 Å². The lowest BCUT2D eigenvalue weighted by Gasteiger charge is -2.04. The smallest absolute Gasteiger partial charge is 0.0716 e. The van der Waals surface area contributed by atoms with Gasteiger partial charge in [-0.3, -0.25) is 0 Å². The number of benzene rings is 1. The molecule has 0 aliphatic heterocycles. The fraction of sp³-hybridized carbons (Fsp3) is 0. The van der Waals surface area contributed by atoms with E-state index in [1.54, 1.807) is 0 Å². The van der Waals surface area contributed by atoms with Crippen molar-refractivity contribution in [3.8, 4) is 0 Å². The number of carboxylic acid groups (broad SMARTS) is 1. The molecule has 0 aliphatic rings. The fourth-order valence-corrected chi connectivity index (χ4v) is 0.702. The standard InChI is InChI=1S/C7H8N2O2.H3N/c8-5-2-1-4(7(10)11)3-6(5)9;/h1-3H,8-9H2,(H,10,11);1H3. The molecule has 5 heteroatoms. The molecule has 8 N–H and O–H groups in total. The Labute approximate surface area is 69.6 Å². The Kier molecular flexibility index (Phi) is 3.06. The number of carbonyl (C=O) groups excluding carboxylic acids is 1.